The molecule has 2 saturated heterocycles. The lowest BCUT2D eigenvalue weighted by Crippen LogP contribution is -2.60. The van der Waals surface area contributed by atoms with Crippen LogP contribution < -0.4 is 10.6 Å². The monoisotopic (exact) mass is 479 g/mol. The minimum atomic E-state index is -0.973. The van der Waals surface area contributed by atoms with Gasteiger partial charge in [0.2, 0.25) is 11.8 Å². The molecular weight excluding hydrogens is 444 g/mol. The molecule has 1 aromatic carbocycles. The van der Waals surface area contributed by atoms with Crippen molar-refractivity contribution in [1.29, 1.82) is 0 Å². The Morgan fingerprint density at radius 3 is 2.56 bits per heavy atom. The van der Waals surface area contributed by atoms with E-state index in [1.165, 1.54) is 12.1 Å². The largest absolute Gasteiger partial charge is 0.389 e. The fraction of sp³-hybridized carbons (Fsp3) is 0.680. The van der Waals surface area contributed by atoms with Crippen molar-refractivity contribution >= 4 is 11.8 Å². The zero-order valence-electron chi connectivity index (χ0n) is 19.6. The normalized spacial score (nSPS) is 24.5. The summed E-state index contributed by atoms with van der Waals surface area (Å²) in [7, 11) is 0. The predicted molar refractivity (Wildman–Crippen MR) is 122 cm³/mol. The molecule has 1 saturated carbocycles. The van der Waals surface area contributed by atoms with Crippen molar-refractivity contribution < 1.29 is 28.2 Å². The number of aliphatic hydroxyl groups is 1. The highest BCUT2D eigenvalue weighted by molar-refractivity contribution is 5.86. The summed E-state index contributed by atoms with van der Waals surface area (Å²) in [6.45, 7) is 4.09. The Hall–Kier alpha value is -2.10. The molecule has 9 heteroatoms. The van der Waals surface area contributed by atoms with Crippen molar-refractivity contribution in [2.75, 3.05) is 26.2 Å². The molecule has 0 aromatic heterocycles. The van der Waals surface area contributed by atoms with E-state index in [-0.39, 0.29) is 42.2 Å². The summed E-state index contributed by atoms with van der Waals surface area (Å²) in [6, 6.07) is 2.17. The van der Waals surface area contributed by atoms with Gasteiger partial charge in [0.1, 0.15) is 11.6 Å². The molecule has 1 aromatic rings. The molecule has 7 nitrogen and oxygen atoms in total. The number of benzene rings is 1. The van der Waals surface area contributed by atoms with Gasteiger partial charge in [0, 0.05) is 44.3 Å². The lowest BCUT2D eigenvalue weighted by atomic mass is 9.92. The molecule has 34 heavy (non-hydrogen) atoms. The van der Waals surface area contributed by atoms with Gasteiger partial charge < -0.3 is 25.4 Å². The van der Waals surface area contributed by atoms with E-state index < -0.39 is 23.8 Å². The number of carbonyl (C=O) groups excluding carboxylic acids is 2. The van der Waals surface area contributed by atoms with Crippen LogP contribution in [0.25, 0.3) is 0 Å². The molecule has 1 aliphatic carbocycles. The number of likely N-dealkylation sites (tertiary alicyclic amines) is 1. The van der Waals surface area contributed by atoms with Gasteiger partial charge >= 0.3 is 0 Å². The molecule has 188 valence electrons. The van der Waals surface area contributed by atoms with Crippen LogP contribution in [0.5, 0.6) is 0 Å². The van der Waals surface area contributed by atoms with Crippen LogP contribution in [0.1, 0.15) is 44.6 Å². The Morgan fingerprint density at radius 1 is 1.21 bits per heavy atom. The first-order valence-electron chi connectivity index (χ1n) is 12.4. The van der Waals surface area contributed by atoms with E-state index in [9.17, 15) is 23.5 Å². The molecular formula is C25H35F2N3O4. The molecule has 3 fully saturated rings. The van der Waals surface area contributed by atoms with Crippen molar-refractivity contribution in [2.45, 2.75) is 69.7 Å². The van der Waals surface area contributed by atoms with Gasteiger partial charge in [0.05, 0.1) is 24.2 Å². The highest BCUT2D eigenvalue weighted by Gasteiger charge is 2.43. The van der Waals surface area contributed by atoms with Crippen LogP contribution in [0.4, 0.5) is 8.78 Å². The average molecular weight is 480 g/mol. The Bertz CT molecular complexity index is 855. The van der Waals surface area contributed by atoms with Crippen molar-refractivity contribution in [2.24, 2.45) is 11.8 Å². The van der Waals surface area contributed by atoms with E-state index in [1.807, 2.05) is 0 Å². The minimum Gasteiger partial charge on any atom is -0.389 e. The Labute approximate surface area is 199 Å². The topological polar surface area (TPSA) is 90.9 Å². The number of aliphatic hydroxyl groups excluding tert-OH is 1. The van der Waals surface area contributed by atoms with Crippen LogP contribution in [0, 0.1) is 23.5 Å². The smallest absolute Gasteiger partial charge is 0.227 e. The van der Waals surface area contributed by atoms with Gasteiger partial charge in [-0.2, -0.15) is 0 Å². The molecule has 2 aliphatic heterocycles. The van der Waals surface area contributed by atoms with Gasteiger partial charge in [0.15, 0.2) is 0 Å². The number of ether oxygens (including phenoxy) is 1. The quantitative estimate of drug-likeness (QED) is 0.421. The molecule has 2 heterocycles. The number of carbonyl (C=O) groups is 2. The summed E-state index contributed by atoms with van der Waals surface area (Å²) < 4.78 is 33.4. The number of hydrogen-bond acceptors (Lipinski definition) is 5. The Morgan fingerprint density at radius 2 is 1.91 bits per heavy atom. The maximum absolute atomic E-state index is 13.8. The summed E-state index contributed by atoms with van der Waals surface area (Å²) in [5.41, 5.74) is 0.356. The molecule has 4 atom stereocenters. The van der Waals surface area contributed by atoms with E-state index in [0.717, 1.165) is 31.7 Å². The third kappa shape index (κ3) is 6.31. The van der Waals surface area contributed by atoms with Gasteiger partial charge in [-0.25, -0.2) is 8.78 Å². The minimum absolute atomic E-state index is 0.0252. The zero-order chi connectivity index (χ0) is 24.2. The van der Waals surface area contributed by atoms with Crippen molar-refractivity contribution in [3.05, 3.63) is 35.4 Å². The number of halogens is 2. The lowest BCUT2D eigenvalue weighted by molar-refractivity contribution is -0.144. The van der Waals surface area contributed by atoms with Gasteiger partial charge in [-0.1, -0.05) is 13.3 Å². The van der Waals surface area contributed by atoms with Crippen molar-refractivity contribution in [3.8, 4) is 0 Å². The number of unbranched alkanes of at least 4 members (excludes halogenated alkanes) is 1. The van der Waals surface area contributed by atoms with Crippen LogP contribution in [0.2, 0.25) is 0 Å². The first-order chi connectivity index (χ1) is 16.3. The second-order valence-electron chi connectivity index (χ2n) is 9.90. The van der Waals surface area contributed by atoms with E-state index in [4.69, 9.17) is 4.74 Å². The average Bonchev–Trinajstić information content (AvgIpc) is 3.50. The van der Waals surface area contributed by atoms with E-state index in [2.05, 4.69) is 17.6 Å². The second kappa shape index (κ2) is 11.1. The van der Waals surface area contributed by atoms with E-state index >= 15 is 0 Å². The van der Waals surface area contributed by atoms with Crippen LogP contribution in [0.3, 0.4) is 0 Å². The fourth-order valence-corrected chi connectivity index (χ4v) is 4.75. The van der Waals surface area contributed by atoms with Crippen LogP contribution in [-0.4, -0.2) is 72.4 Å². The first kappa shape index (κ1) is 25.0. The number of nitrogens with one attached hydrogen (secondary N) is 2. The zero-order valence-corrected chi connectivity index (χ0v) is 19.6. The van der Waals surface area contributed by atoms with Crippen LogP contribution in [0.15, 0.2) is 18.2 Å². The summed E-state index contributed by atoms with van der Waals surface area (Å²) in [5, 5.41) is 17.3. The molecule has 0 unspecified atom stereocenters. The second-order valence-corrected chi connectivity index (χ2v) is 9.90. The van der Waals surface area contributed by atoms with Crippen LogP contribution in [-0.2, 0) is 20.7 Å². The van der Waals surface area contributed by atoms with Gasteiger partial charge in [0.25, 0.3) is 0 Å². The van der Waals surface area contributed by atoms with Crippen molar-refractivity contribution in [3.63, 3.8) is 0 Å². The van der Waals surface area contributed by atoms with E-state index in [1.54, 1.807) is 4.90 Å². The summed E-state index contributed by atoms with van der Waals surface area (Å²) in [4.78, 5) is 26.8. The molecule has 2 amide bonds. The molecule has 0 spiro atoms. The number of rotatable bonds is 11. The number of nitrogens with zero attached hydrogens (tertiary/aromatic N) is 1. The highest BCUT2D eigenvalue weighted by Crippen LogP contribution is 2.33. The number of amides is 2. The molecule has 3 N–H and O–H groups in total. The summed E-state index contributed by atoms with van der Waals surface area (Å²) in [5.74, 6) is -1.78. The Kier molecular flexibility index (Phi) is 8.16. The SMILES string of the molecule is CCCCO[C@H]1CN[C@@H]([C@@H](O)[C@H](Cc2cc(F)cc(F)c2)NC(=O)C2CN(C(=O)C3CC3)C2)C1. The molecule has 0 bridgehead atoms. The maximum Gasteiger partial charge on any atom is 0.227 e. The third-order valence-electron chi connectivity index (χ3n) is 7.00. The van der Waals surface area contributed by atoms with Crippen molar-refractivity contribution in [1.82, 2.24) is 15.5 Å². The van der Waals surface area contributed by atoms with E-state index in [0.29, 0.717) is 38.2 Å². The first-order valence-corrected chi connectivity index (χ1v) is 12.4. The van der Waals surface area contributed by atoms with Gasteiger partial charge in [-0.05, 0) is 49.8 Å². The fourth-order valence-electron chi connectivity index (χ4n) is 4.75. The third-order valence-corrected chi connectivity index (χ3v) is 7.00. The summed E-state index contributed by atoms with van der Waals surface area (Å²) >= 11 is 0. The maximum atomic E-state index is 13.8. The molecule has 3 aliphatic rings. The molecule has 4 rings (SSSR count). The lowest BCUT2D eigenvalue weighted by Gasteiger charge is -2.39. The molecule has 0 radical (unpaired) electrons. The predicted octanol–water partition coefficient (Wildman–Crippen LogP) is 1.77. The summed E-state index contributed by atoms with van der Waals surface area (Å²) in [6.07, 6.45) is 3.51. The Balaban J connectivity index is 1.38. The van der Waals surface area contributed by atoms with Gasteiger partial charge in [-0.3, -0.25) is 9.59 Å². The standard InChI is InChI=1S/C25H35F2N3O4/c1-2-3-6-34-20-11-21(28-12-20)23(31)22(9-15-7-18(26)10-19(27)8-15)29-24(32)17-13-30(14-17)25(33)16-4-5-16/h7-8,10,16-17,20-23,28,31H,2-6,9,11-14H2,1H3,(H,29,32)/t20-,21-,22+,23-/m1/s1. The number of hydrogen-bond donors (Lipinski definition) is 3. The highest BCUT2D eigenvalue weighted by atomic mass is 19.1. The van der Waals surface area contributed by atoms with Gasteiger partial charge in [-0.15, -0.1) is 0 Å². The van der Waals surface area contributed by atoms with Crippen LogP contribution >= 0.6 is 0 Å².